The minimum Gasteiger partial charge on any atom is -0.388 e. The summed E-state index contributed by atoms with van der Waals surface area (Å²) in [5.41, 5.74) is 4.95. The molecule has 3 saturated carbocycles. The average molecular weight is 406 g/mol. The van der Waals surface area contributed by atoms with Crippen LogP contribution in [0.4, 0.5) is 0 Å². The Morgan fingerprint density at radius 2 is 2.00 bits per heavy atom. The van der Waals surface area contributed by atoms with Gasteiger partial charge in [-0.05, 0) is 93.1 Å². The van der Waals surface area contributed by atoms with E-state index in [-0.39, 0.29) is 11.5 Å². The van der Waals surface area contributed by atoms with Gasteiger partial charge in [-0.3, -0.25) is 0 Å². The normalized spacial score (nSPS) is 46.5. The van der Waals surface area contributed by atoms with Gasteiger partial charge in [-0.25, -0.2) is 0 Å². The molecule has 5 aliphatic rings. The van der Waals surface area contributed by atoms with Crippen molar-refractivity contribution in [1.29, 1.82) is 0 Å². The fourth-order valence-electron chi connectivity index (χ4n) is 9.40. The zero-order valence-electron chi connectivity index (χ0n) is 18.6. The third-order valence-corrected chi connectivity index (χ3v) is 10.5. The highest BCUT2D eigenvalue weighted by molar-refractivity contribution is 5.86. The molecule has 0 radical (unpaired) electrons. The summed E-state index contributed by atoms with van der Waals surface area (Å²) >= 11 is 0. The Bertz CT molecular complexity index is 1050. The molecule has 3 nitrogen and oxygen atoms in total. The lowest BCUT2D eigenvalue weighted by Crippen LogP contribution is -2.52. The zero-order valence-corrected chi connectivity index (χ0v) is 18.6. The van der Waals surface area contributed by atoms with Crippen molar-refractivity contribution in [3.63, 3.8) is 0 Å². The van der Waals surface area contributed by atoms with Gasteiger partial charge in [-0.1, -0.05) is 31.5 Å². The van der Waals surface area contributed by atoms with Gasteiger partial charge in [0.25, 0.3) is 0 Å². The van der Waals surface area contributed by atoms with E-state index >= 15 is 0 Å². The van der Waals surface area contributed by atoms with Crippen LogP contribution >= 0.6 is 0 Å². The number of ether oxygens (including phenoxy) is 1. The maximum Gasteiger partial charge on any atom is 0.0860 e. The number of benzene rings is 1. The zero-order chi connectivity index (χ0) is 20.5. The summed E-state index contributed by atoms with van der Waals surface area (Å²) in [4.78, 5) is 3.95. The first-order valence-corrected chi connectivity index (χ1v) is 12.3. The lowest BCUT2D eigenvalue weighted by atomic mass is 9.61. The second-order valence-corrected chi connectivity index (χ2v) is 12.3. The van der Waals surface area contributed by atoms with Crippen molar-refractivity contribution in [1.82, 2.24) is 4.98 Å². The molecule has 2 N–H and O–H groups in total. The summed E-state index contributed by atoms with van der Waals surface area (Å²) in [5.74, 6) is 1.57. The number of aliphatic hydroxyl groups is 1. The molecule has 7 rings (SSSR count). The smallest absolute Gasteiger partial charge is 0.0860 e. The third kappa shape index (κ3) is 1.92. The van der Waals surface area contributed by atoms with Crippen LogP contribution in [-0.4, -0.2) is 27.9 Å². The molecule has 3 heteroatoms. The number of hydrogen-bond acceptors (Lipinski definition) is 2. The Labute approximate surface area is 179 Å². The fourth-order valence-corrected chi connectivity index (χ4v) is 9.40. The van der Waals surface area contributed by atoms with Gasteiger partial charge in [0, 0.05) is 22.0 Å². The molecule has 160 valence electrons. The maximum atomic E-state index is 10.6. The summed E-state index contributed by atoms with van der Waals surface area (Å²) in [5, 5.41) is 12.1. The number of nitrogens with one attached hydrogen (secondary N) is 1. The number of fused-ring (bicyclic) bond motifs is 4. The van der Waals surface area contributed by atoms with Crippen LogP contribution in [0.15, 0.2) is 24.3 Å². The Morgan fingerprint density at radius 1 is 1.17 bits per heavy atom. The van der Waals surface area contributed by atoms with Crippen LogP contribution in [0.25, 0.3) is 10.9 Å². The molecule has 4 aliphatic carbocycles. The molecule has 2 heterocycles. The van der Waals surface area contributed by atoms with E-state index in [9.17, 15) is 5.11 Å². The van der Waals surface area contributed by atoms with Crippen molar-refractivity contribution in [3.05, 3.63) is 35.5 Å². The minimum atomic E-state index is -0.745. The highest BCUT2D eigenvalue weighted by Gasteiger charge is 2.84. The molecule has 2 spiro atoms. The van der Waals surface area contributed by atoms with E-state index in [4.69, 9.17) is 4.74 Å². The SMILES string of the molecule is CC(C)(O)C1CC[C@@]2(C)C[C@@]34CCC[C@H]5Cc6c([nH]c7ccccc67)[C@@]53C4CC2O1. The van der Waals surface area contributed by atoms with Crippen LogP contribution in [0, 0.1) is 22.7 Å². The van der Waals surface area contributed by atoms with Crippen LogP contribution in [-0.2, 0) is 16.6 Å². The molecule has 1 aliphatic heterocycles. The summed E-state index contributed by atoms with van der Waals surface area (Å²) in [7, 11) is 0. The number of rotatable bonds is 1. The number of para-hydroxylation sites is 1. The molecular formula is C27H35NO2. The van der Waals surface area contributed by atoms with Gasteiger partial charge in [0.1, 0.15) is 0 Å². The van der Waals surface area contributed by atoms with Gasteiger partial charge in [-0.15, -0.1) is 0 Å². The van der Waals surface area contributed by atoms with Gasteiger partial charge in [0.05, 0.1) is 17.8 Å². The van der Waals surface area contributed by atoms with E-state index in [1.165, 1.54) is 55.8 Å². The highest BCUT2D eigenvalue weighted by Crippen LogP contribution is 2.86. The van der Waals surface area contributed by atoms with Crippen LogP contribution in [0.5, 0.6) is 0 Å². The molecule has 1 aromatic carbocycles. The largest absolute Gasteiger partial charge is 0.388 e. The molecule has 0 bridgehead atoms. The summed E-state index contributed by atoms with van der Waals surface area (Å²) in [6, 6.07) is 8.96. The van der Waals surface area contributed by atoms with Crippen molar-refractivity contribution >= 4 is 10.9 Å². The third-order valence-electron chi connectivity index (χ3n) is 10.5. The van der Waals surface area contributed by atoms with Crippen LogP contribution in [0.2, 0.25) is 0 Å². The molecule has 1 aromatic heterocycles. The Morgan fingerprint density at radius 3 is 2.83 bits per heavy atom. The van der Waals surface area contributed by atoms with Gasteiger partial charge in [-0.2, -0.15) is 0 Å². The summed E-state index contributed by atoms with van der Waals surface area (Å²) in [6.07, 6.45) is 10.4. The molecule has 0 amide bonds. The van der Waals surface area contributed by atoms with Gasteiger partial charge >= 0.3 is 0 Å². The Balaban J connectivity index is 1.33. The minimum absolute atomic E-state index is 0.0223. The average Bonchev–Trinajstić information content (AvgIpc) is 2.94. The van der Waals surface area contributed by atoms with E-state index in [1.807, 2.05) is 13.8 Å². The standard InChI is InChI=1S/C27H35NO2/c1-24(2,29)21-10-12-25(3)15-26-11-6-7-16-13-18-17-8-4-5-9-19(17)28-23(18)27(16,26)20(26)14-22(25)30-21/h4-5,8-9,16,20-22,28-29H,6-7,10-15H2,1-3H3/t16-,20?,21?,22?,25-,26+,27-/m0/s1. The highest BCUT2D eigenvalue weighted by atomic mass is 16.5. The fraction of sp³-hybridized carbons (Fsp3) is 0.704. The lowest BCUT2D eigenvalue weighted by molar-refractivity contribution is -0.200. The van der Waals surface area contributed by atoms with Gasteiger partial charge < -0.3 is 14.8 Å². The van der Waals surface area contributed by atoms with E-state index in [1.54, 1.807) is 11.3 Å². The summed E-state index contributed by atoms with van der Waals surface area (Å²) < 4.78 is 6.69. The van der Waals surface area contributed by atoms with Crippen molar-refractivity contribution in [2.75, 3.05) is 0 Å². The number of aromatic amines is 1. The van der Waals surface area contributed by atoms with Crippen molar-refractivity contribution in [2.24, 2.45) is 22.7 Å². The molecule has 2 aromatic rings. The molecule has 30 heavy (non-hydrogen) atoms. The monoisotopic (exact) mass is 405 g/mol. The first-order valence-electron chi connectivity index (χ1n) is 12.3. The van der Waals surface area contributed by atoms with Crippen molar-refractivity contribution in [3.8, 4) is 0 Å². The van der Waals surface area contributed by atoms with Gasteiger partial charge in [0.2, 0.25) is 0 Å². The Kier molecular flexibility index (Phi) is 3.26. The first-order chi connectivity index (χ1) is 14.3. The number of aromatic nitrogens is 1. The molecular weight excluding hydrogens is 370 g/mol. The topological polar surface area (TPSA) is 45.2 Å². The van der Waals surface area contributed by atoms with E-state index in [2.05, 4.69) is 36.2 Å². The van der Waals surface area contributed by atoms with E-state index in [0.29, 0.717) is 16.9 Å². The van der Waals surface area contributed by atoms with Crippen molar-refractivity contribution < 1.29 is 9.84 Å². The lowest BCUT2D eigenvalue weighted by Gasteiger charge is -2.51. The Hall–Kier alpha value is -1.32. The first kappa shape index (κ1) is 18.3. The van der Waals surface area contributed by atoms with E-state index < -0.39 is 5.60 Å². The molecule has 1 saturated heterocycles. The van der Waals surface area contributed by atoms with Crippen LogP contribution < -0.4 is 0 Å². The second-order valence-electron chi connectivity index (χ2n) is 12.3. The predicted molar refractivity (Wildman–Crippen MR) is 118 cm³/mol. The quantitative estimate of drug-likeness (QED) is 0.658. The maximum absolute atomic E-state index is 10.6. The second kappa shape index (κ2) is 5.35. The number of hydrogen-bond donors (Lipinski definition) is 2. The summed E-state index contributed by atoms with van der Waals surface area (Å²) in [6.45, 7) is 6.34. The molecule has 3 unspecified atom stereocenters. The molecule has 7 atom stereocenters. The number of H-pyrrole nitrogens is 1. The van der Waals surface area contributed by atoms with E-state index in [0.717, 1.165) is 18.3 Å². The molecule has 4 fully saturated rings. The predicted octanol–water partition coefficient (Wildman–Crippen LogP) is 5.50. The van der Waals surface area contributed by atoms with Crippen LogP contribution in [0.3, 0.4) is 0 Å². The van der Waals surface area contributed by atoms with Gasteiger partial charge in [0.15, 0.2) is 0 Å². The van der Waals surface area contributed by atoms with Crippen molar-refractivity contribution in [2.45, 2.75) is 95.4 Å². The van der Waals surface area contributed by atoms with Crippen LogP contribution in [0.1, 0.15) is 77.0 Å².